The zero-order valence-corrected chi connectivity index (χ0v) is 33.0. The summed E-state index contributed by atoms with van der Waals surface area (Å²) in [6.45, 7) is 4.01. The molecular formula is C45H38Br2N4O4. The Hall–Kier alpha value is -6.25. The van der Waals surface area contributed by atoms with E-state index in [4.69, 9.17) is 35.6 Å². The lowest BCUT2D eigenvalue weighted by molar-refractivity contribution is 0.352. The summed E-state index contributed by atoms with van der Waals surface area (Å²) in [5.74, 6) is 1.86. The minimum atomic E-state index is -0.380. The first kappa shape index (κ1) is 41.5. The molecule has 10 heteroatoms. The summed E-state index contributed by atoms with van der Waals surface area (Å²) in [4.78, 5) is 0. The van der Waals surface area contributed by atoms with Gasteiger partial charge in [0.25, 0.3) is 0 Å². The number of phenols is 1. The summed E-state index contributed by atoms with van der Waals surface area (Å²) in [5, 5.41) is 40.5. The molecule has 1 unspecified atom stereocenters. The van der Waals surface area contributed by atoms with E-state index in [0.29, 0.717) is 28.6 Å². The van der Waals surface area contributed by atoms with Crippen molar-refractivity contribution in [3.05, 3.63) is 157 Å². The fourth-order valence-corrected chi connectivity index (χ4v) is 7.15. The minimum Gasteiger partial charge on any atom is -0.508 e. The number of hydrogen-bond acceptors (Lipinski definition) is 8. The number of halogens is 2. The van der Waals surface area contributed by atoms with Crippen molar-refractivity contribution in [3.63, 3.8) is 0 Å². The number of nitrogens with two attached hydrogens (primary N) is 1. The maximum Gasteiger partial charge on any atom is 0.205 e. The number of nitrogens with zero attached hydrogens (tertiary/aromatic N) is 3. The summed E-state index contributed by atoms with van der Waals surface area (Å²) in [6, 6.07) is 38.8. The normalized spacial score (nSPS) is 12.4. The molecule has 0 radical (unpaired) electrons. The van der Waals surface area contributed by atoms with Crippen LogP contribution in [-0.4, -0.2) is 19.3 Å². The first-order valence-electron chi connectivity index (χ1n) is 16.5. The van der Waals surface area contributed by atoms with Gasteiger partial charge in [0.05, 0.1) is 24.6 Å². The Morgan fingerprint density at radius 3 is 1.98 bits per heavy atom. The van der Waals surface area contributed by atoms with E-state index >= 15 is 0 Å². The van der Waals surface area contributed by atoms with E-state index in [1.165, 1.54) is 5.56 Å². The Morgan fingerprint density at radius 2 is 1.40 bits per heavy atom. The average Bonchev–Trinajstić information content (AvgIpc) is 3.17. The number of hydrogen-bond donors (Lipinski definition) is 2. The van der Waals surface area contributed by atoms with Gasteiger partial charge in [0.15, 0.2) is 11.5 Å². The number of aryl methyl sites for hydroxylation is 1. The van der Waals surface area contributed by atoms with E-state index in [9.17, 15) is 5.26 Å². The van der Waals surface area contributed by atoms with E-state index in [2.05, 4.69) is 37.9 Å². The monoisotopic (exact) mass is 856 g/mol. The van der Waals surface area contributed by atoms with Crippen LogP contribution in [0.5, 0.6) is 23.0 Å². The number of phenolic OH excluding ortho intramolecular Hbond substituents is 1. The van der Waals surface area contributed by atoms with Gasteiger partial charge < -0.3 is 25.1 Å². The van der Waals surface area contributed by atoms with Crippen LogP contribution in [0.2, 0.25) is 0 Å². The van der Waals surface area contributed by atoms with E-state index in [-0.39, 0.29) is 24.8 Å². The molecule has 0 spiro atoms. The largest absolute Gasteiger partial charge is 0.508 e. The summed E-state index contributed by atoms with van der Waals surface area (Å²) in [7, 11) is 3.16. The van der Waals surface area contributed by atoms with Crippen molar-refractivity contribution in [2.75, 3.05) is 14.2 Å². The van der Waals surface area contributed by atoms with Crippen molar-refractivity contribution in [1.82, 2.24) is 0 Å². The maximum absolute atomic E-state index is 9.79. The molecule has 3 N–H and O–H groups in total. The quantitative estimate of drug-likeness (QED) is 0.167. The zero-order chi connectivity index (χ0) is 38.9. The van der Waals surface area contributed by atoms with Gasteiger partial charge in [-0.2, -0.15) is 15.8 Å². The molecule has 1 heterocycles. The highest BCUT2D eigenvalue weighted by molar-refractivity contribution is 9.10. The standard InChI is InChI=1S/C22H17BrN2O3.C12H9BrN2.C10H8O.CH4/c1-26-19-10-14(8-17(23)21(19)27-2)20-15-7-12-5-3-4-6-13(12)9-18(15)28-22(25)16(20)11-24;1-8-3-10(4-11(6-14)7-15)5-12(13)9(8)2;11-10-6-5-8-3-1-2-4-9(8)7-10;/h3-10,20H,25H2,1-2H3;3-5H,1-2H3;1-7,11H;1H4. The van der Waals surface area contributed by atoms with E-state index in [0.717, 1.165) is 52.7 Å². The van der Waals surface area contributed by atoms with Gasteiger partial charge in [0, 0.05) is 10.0 Å². The number of allylic oxidation sites excluding steroid dienone is 2. The third kappa shape index (κ3) is 9.47. The summed E-state index contributed by atoms with van der Waals surface area (Å²) in [6.07, 6.45) is 1.58. The lowest BCUT2D eigenvalue weighted by Crippen LogP contribution is -2.21. The van der Waals surface area contributed by atoms with Gasteiger partial charge >= 0.3 is 0 Å². The predicted octanol–water partition coefficient (Wildman–Crippen LogP) is 11.5. The lowest BCUT2D eigenvalue weighted by atomic mass is 9.82. The third-order valence-corrected chi connectivity index (χ3v) is 10.2. The Morgan fingerprint density at radius 1 is 0.782 bits per heavy atom. The van der Waals surface area contributed by atoms with Crippen LogP contribution in [0.4, 0.5) is 0 Å². The molecule has 0 saturated heterocycles. The second-order valence-electron chi connectivity index (χ2n) is 12.2. The second kappa shape index (κ2) is 18.7. The topological polar surface area (TPSA) is 145 Å². The van der Waals surface area contributed by atoms with E-state index < -0.39 is 0 Å². The van der Waals surface area contributed by atoms with Gasteiger partial charge in [-0.25, -0.2) is 0 Å². The van der Waals surface area contributed by atoms with Gasteiger partial charge in [-0.1, -0.05) is 84.0 Å². The molecule has 7 rings (SSSR count). The number of rotatable bonds is 4. The highest BCUT2D eigenvalue weighted by Crippen LogP contribution is 2.47. The Kier molecular flexibility index (Phi) is 14.1. The molecule has 0 aliphatic carbocycles. The van der Waals surface area contributed by atoms with E-state index in [1.807, 2.05) is 117 Å². The van der Waals surface area contributed by atoms with Crippen molar-refractivity contribution in [2.45, 2.75) is 27.2 Å². The summed E-state index contributed by atoms with van der Waals surface area (Å²) in [5.41, 5.74) is 11.5. The Bertz CT molecular complexity index is 2540. The molecule has 0 bridgehead atoms. The van der Waals surface area contributed by atoms with Crippen LogP contribution in [0.3, 0.4) is 0 Å². The van der Waals surface area contributed by atoms with Gasteiger partial charge in [0.2, 0.25) is 5.88 Å². The van der Waals surface area contributed by atoms with Crippen LogP contribution < -0.4 is 19.9 Å². The maximum atomic E-state index is 9.79. The first-order chi connectivity index (χ1) is 26.0. The van der Waals surface area contributed by atoms with Crippen molar-refractivity contribution in [2.24, 2.45) is 5.73 Å². The molecule has 1 aliphatic heterocycles. The minimum absolute atomic E-state index is 0. The molecule has 8 nitrogen and oxygen atoms in total. The molecule has 55 heavy (non-hydrogen) atoms. The predicted molar refractivity (Wildman–Crippen MR) is 226 cm³/mol. The van der Waals surface area contributed by atoms with Crippen molar-refractivity contribution < 1.29 is 19.3 Å². The van der Waals surface area contributed by atoms with Crippen molar-refractivity contribution in [1.29, 1.82) is 15.8 Å². The molecule has 0 aromatic heterocycles. The van der Waals surface area contributed by atoms with Gasteiger partial charge in [0.1, 0.15) is 40.9 Å². The fraction of sp³-hybridized carbons (Fsp3) is 0.133. The Labute approximate surface area is 338 Å². The number of fused-ring (bicyclic) bond motifs is 3. The van der Waals surface area contributed by atoms with E-state index in [1.54, 1.807) is 32.4 Å². The highest BCUT2D eigenvalue weighted by atomic mass is 79.9. The molecule has 0 fully saturated rings. The van der Waals surface area contributed by atoms with Crippen LogP contribution in [0.15, 0.2) is 129 Å². The van der Waals surface area contributed by atoms with Crippen LogP contribution >= 0.6 is 31.9 Å². The van der Waals surface area contributed by atoms with Gasteiger partial charge in [-0.3, -0.25) is 0 Å². The average molecular weight is 859 g/mol. The molecule has 276 valence electrons. The van der Waals surface area contributed by atoms with Gasteiger partial charge in [-0.05, 0) is 122 Å². The molecule has 1 aliphatic rings. The molecule has 6 aromatic rings. The number of aromatic hydroxyl groups is 1. The lowest BCUT2D eigenvalue weighted by Gasteiger charge is -2.27. The molecular weight excluding hydrogens is 820 g/mol. The van der Waals surface area contributed by atoms with Crippen LogP contribution in [0.1, 0.15) is 41.2 Å². The third-order valence-electron chi connectivity index (χ3n) is 8.78. The van der Waals surface area contributed by atoms with Gasteiger partial charge in [-0.15, -0.1) is 0 Å². The van der Waals surface area contributed by atoms with Crippen molar-refractivity contribution in [3.8, 4) is 41.2 Å². The van der Waals surface area contributed by atoms with Crippen molar-refractivity contribution >= 4 is 59.5 Å². The molecule has 1 atom stereocenters. The first-order valence-corrected chi connectivity index (χ1v) is 18.1. The SMILES string of the molecule is C.COc1cc(C2C(C#N)=C(N)Oc3cc4ccccc4cc32)cc(Br)c1OC.Cc1cc(C=C(C#N)C#N)cc(Br)c1C.Oc1ccc2ccccc2c1. The Balaban J connectivity index is 0.000000208. The number of ether oxygens (including phenoxy) is 3. The van der Waals surface area contributed by atoms with Crippen LogP contribution in [0, 0.1) is 47.8 Å². The zero-order valence-electron chi connectivity index (χ0n) is 29.8. The molecule has 0 saturated carbocycles. The second-order valence-corrected chi connectivity index (χ2v) is 13.9. The summed E-state index contributed by atoms with van der Waals surface area (Å²) < 4.78 is 18.4. The van der Waals surface area contributed by atoms with Crippen LogP contribution in [-0.2, 0) is 0 Å². The molecule has 6 aromatic carbocycles. The fourth-order valence-electron chi connectivity index (χ4n) is 5.95. The number of nitriles is 3. The summed E-state index contributed by atoms with van der Waals surface area (Å²) >= 11 is 6.97. The van der Waals surface area contributed by atoms with Crippen LogP contribution in [0.25, 0.3) is 27.6 Å². The number of benzene rings is 6. The number of methoxy groups -OCH3 is 2. The molecule has 0 amide bonds. The highest BCUT2D eigenvalue weighted by Gasteiger charge is 2.32. The smallest absolute Gasteiger partial charge is 0.205 e.